The third-order valence-corrected chi connectivity index (χ3v) is 5.71. The lowest BCUT2D eigenvalue weighted by atomic mass is 10.2. The van der Waals surface area contributed by atoms with Gasteiger partial charge in [0.2, 0.25) is 15.9 Å². The molecule has 1 aliphatic heterocycles. The van der Waals surface area contributed by atoms with Gasteiger partial charge in [0.05, 0.1) is 34.8 Å². The Balaban J connectivity index is 1.77. The summed E-state index contributed by atoms with van der Waals surface area (Å²) in [4.78, 5) is 24.4. The number of carbonyl (C=O) groups excluding carboxylic acids is 2. The van der Waals surface area contributed by atoms with Crippen molar-refractivity contribution in [1.29, 1.82) is 0 Å². The van der Waals surface area contributed by atoms with Gasteiger partial charge in [0.15, 0.2) is 11.5 Å². The monoisotopic (exact) mass is 468 g/mol. The number of ether oxygens (including phenoxy) is 3. The number of amides is 1. The van der Waals surface area contributed by atoms with Crippen LogP contribution in [0.25, 0.3) is 0 Å². The van der Waals surface area contributed by atoms with Crippen LogP contribution in [-0.4, -0.2) is 52.9 Å². The smallest absolute Gasteiger partial charge is 0.338 e. The highest BCUT2D eigenvalue weighted by Gasteiger charge is 2.24. The zero-order valence-corrected chi connectivity index (χ0v) is 18.5. The summed E-state index contributed by atoms with van der Waals surface area (Å²) in [5, 5.41) is 2.67. The Morgan fingerprint density at radius 2 is 1.84 bits per heavy atom. The van der Waals surface area contributed by atoms with Crippen molar-refractivity contribution >= 4 is 44.9 Å². The first-order chi connectivity index (χ1) is 14.7. The van der Waals surface area contributed by atoms with Crippen LogP contribution in [0.15, 0.2) is 36.4 Å². The van der Waals surface area contributed by atoms with Gasteiger partial charge in [-0.05, 0) is 37.3 Å². The van der Waals surface area contributed by atoms with Gasteiger partial charge in [-0.25, -0.2) is 13.2 Å². The minimum Gasteiger partial charge on any atom is -0.486 e. The highest BCUT2D eigenvalue weighted by Crippen LogP contribution is 2.34. The molecule has 2 aromatic rings. The normalized spacial score (nSPS) is 12.7. The van der Waals surface area contributed by atoms with Crippen molar-refractivity contribution in [3.63, 3.8) is 0 Å². The van der Waals surface area contributed by atoms with Gasteiger partial charge >= 0.3 is 5.97 Å². The first kappa shape index (κ1) is 22.7. The maximum Gasteiger partial charge on any atom is 0.338 e. The largest absolute Gasteiger partial charge is 0.486 e. The van der Waals surface area contributed by atoms with Gasteiger partial charge in [-0.1, -0.05) is 11.6 Å². The molecule has 0 saturated carbocycles. The van der Waals surface area contributed by atoms with Gasteiger partial charge in [0, 0.05) is 6.07 Å². The Labute approximate surface area is 184 Å². The summed E-state index contributed by atoms with van der Waals surface area (Å²) >= 11 is 6.16. The maximum absolute atomic E-state index is 12.6. The average molecular weight is 469 g/mol. The maximum atomic E-state index is 12.6. The lowest BCUT2D eigenvalue weighted by Gasteiger charge is -2.24. The topological polar surface area (TPSA) is 111 Å². The lowest BCUT2D eigenvalue weighted by molar-refractivity contribution is -0.114. The highest BCUT2D eigenvalue weighted by atomic mass is 35.5. The first-order valence-electron chi connectivity index (χ1n) is 9.33. The van der Waals surface area contributed by atoms with Crippen LogP contribution in [0.4, 0.5) is 11.4 Å². The quantitative estimate of drug-likeness (QED) is 0.622. The average Bonchev–Trinajstić information content (AvgIpc) is 2.72. The fraction of sp³-hybridized carbons (Fsp3) is 0.300. The Kier molecular flexibility index (Phi) is 6.91. The van der Waals surface area contributed by atoms with Gasteiger partial charge in [0.25, 0.3) is 0 Å². The van der Waals surface area contributed by atoms with Crippen LogP contribution in [0.2, 0.25) is 5.02 Å². The van der Waals surface area contributed by atoms with Crippen molar-refractivity contribution in [2.45, 2.75) is 6.92 Å². The molecule has 2 aromatic carbocycles. The summed E-state index contributed by atoms with van der Waals surface area (Å²) < 4.78 is 41.4. The van der Waals surface area contributed by atoms with Crippen LogP contribution in [0.1, 0.15) is 17.3 Å². The number of benzene rings is 2. The minimum atomic E-state index is -3.78. The van der Waals surface area contributed by atoms with Gasteiger partial charge in [-0.3, -0.25) is 9.10 Å². The van der Waals surface area contributed by atoms with Gasteiger partial charge in [-0.15, -0.1) is 0 Å². The molecule has 166 valence electrons. The van der Waals surface area contributed by atoms with E-state index in [1.54, 1.807) is 13.0 Å². The summed E-state index contributed by atoms with van der Waals surface area (Å²) in [5.74, 6) is -0.257. The molecular weight excluding hydrogens is 448 g/mol. The number of anilines is 2. The van der Waals surface area contributed by atoms with Gasteiger partial charge in [-0.2, -0.15) is 0 Å². The van der Waals surface area contributed by atoms with Crippen molar-refractivity contribution in [3.05, 3.63) is 47.0 Å². The molecule has 1 aliphatic rings. The molecule has 1 N–H and O–H groups in total. The summed E-state index contributed by atoms with van der Waals surface area (Å²) in [6.07, 6.45) is 0.998. The third-order valence-electron chi connectivity index (χ3n) is 4.26. The molecule has 0 spiro atoms. The fourth-order valence-corrected chi connectivity index (χ4v) is 3.94. The number of fused-ring (bicyclic) bond motifs is 1. The van der Waals surface area contributed by atoms with E-state index in [4.69, 9.17) is 25.8 Å². The van der Waals surface area contributed by atoms with E-state index < -0.39 is 28.4 Å². The molecule has 0 aliphatic carbocycles. The molecule has 0 bridgehead atoms. The summed E-state index contributed by atoms with van der Waals surface area (Å²) in [7, 11) is -3.78. The lowest BCUT2D eigenvalue weighted by Crippen LogP contribution is -2.37. The van der Waals surface area contributed by atoms with Crippen LogP contribution in [-0.2, 0) is 19.6 Å². The Morgan fingerprint density at radius 1 is 1.13 bits per heavy atom. The summed E-state index contributed by atoms with van der Waals surface area (Å²) in [6.45, 7) is 2.16. The number of sulfonamides is 1. The highest BCUT2D eigenvalue weighted by molar-refractivity contribution is 7.92. The molecule has 0 atom stereocenters. The predicted octanol–water partition coefficient (Wildman–Crippen LogP) is 2.69. The van der Waals surface area contributed by atoms with Crippen molar-refractivity contribution in [1.82, 2.24) is 0 Å². The van der Waals surface area contributed by atoms with Crippen LogP contribution >= 0.6 is 11.6 Å². The molecule has 1 amide bonds. The second-order valence-electron chi connectivity index (χ2n) is 6.56. The molecule has 3 rings (SSSR count). The standard InChI is InChI=1S/C20H21ClN2O7S/c1-3-28-20(25)13-4-6-16(15(21)10-13)22-19(24)12-23(31(2,26)27)14-5-7-17-18(11-14)30-9-8-29-17/h4-7,10-11H,3,8-9,12H2,1-2H3,(H,22,24). The molecule has 0 saturated heterocycles. The number of hydrogen-bond acceptors (Lipinski definition) is 7. The van der Waals surface area contributed by atoms with Crippen molar-refractivity contribution in [2.24, 2.45) is 0 Å². The van der Waals surface area contributed by atoms with E-state index in [1.807, 2.05) is 0 Å². The summed E-state index contributed by atoms with van der Waals surface area (Å²) in [5.41, 5.74) is 0.722. The Bertz CT molecular complexity index is 1100. The van der Waals surface area contributed by atoms with Gasteiger partial charge in [0.1, 0.15) is 19.8 Å². The summed E-state index contributed by atoms with van der Waals surface area (Å²) in [6, 6.07) is 8.89. The van der Waals surface area contributed by atoms with E-state index in [9.17, 15) is 18.0 Å². The van der Waals surface area contributed by atoms with Crippen LogP contribution in [0.5, 0.6) is 11.5 Å². The molecule has 0 unspecified atom stereocenters. The number of esters is 1. The molecule has 9 nitrogen and oxygen atoms in total. The third kappa shape index (κ3) is 5.59. The fourth-order valence-electron chi connectivity index (χ4n) is 2.87. The van der Waals surface area contributed by atoms with Crippen molar-refractivity contribution in [3.8, 4) is 11.5 Å². The number of halogens is 1. The molecular formula is C20H21ClN2O7S. The van der Waals surface area contributed by atoms with Crippen molar-refractivity contribution < 1.29 is 32.2 Å². The second-order valence-corrected chi connectivity index (χ2v) is 8.87. The molecule has 0 radical (unpaired) electrons. The Hall–Kier alpha value is -2.98. The number of hydrogen-bond donors (Lipinski definition) is 1. The van der Waals surface area contributed by atoms with Crippen LogP contribution in [0.3, 0.4) is 0 Å². The van der Waals surface area contributed by atoms with Gasteiger partial charge < -0.3 is 19.5 Å². The van der Waals surface area contributed by atoms with E-state index in [1.165, 1.54) is 30.3 Å². The van der Waals surface area contributed by atoms with Crippen molar-refractivity contribution in [2.75, 3.05) is 42.2 Å². The Morgan fingerprint density at radius 3 is 2.48 bits per heavy atom. The number of nitrogens with zero attached hydrogens (tertiary/aromatic N) is 1. The van der Waals surface area contributed by atoms with E-state index in [0.29, 0.717) is 24.7 Å². The molecule has 0 aromatic heterocycles. The van der Waals surface area contributed by atoms with Crippen LogP contribution in [0, 0.1) is 0 Å². The number of nitrogens with one attached hydrogen (secondary N) is 1. The molecule has 11 heteroatoms. The molecule has 1 heterocycles. The molecule has 0 fully saturated rings. The first-order valence-corrected chi connectivity index (χ1v) is 11.6. The SMILES string of the molecule is CCOC(=O)c1ccc(NC(=O)CN(c2ccc3c(c2)OCCO3)S(C)(=O)=O)c(Cl)c1. The number of rotatable bonds is 7. The van der Waals surface area contributed by atoms with E-state index >= 15 is 0 Å². The minimum absolute atomic E-state index is 0.115. The zero-order chi connectivity index (χ0) is 22.6. The molecule has 31 heavy (non-hydrogen) atoms. The number of carbonyl (C=O) groups is 2. The van der Waals surface area contributed by atoms with E-state index in [2.05, 4.69) is 5.32 Å². The second kappa shape index (κ2) is 9.44. The zero-order valence-electron chi connectivity index (χ0n) is 16.9. The predicted molar refractivity (Wildman–Crippen MR) is 116 cm³/mol. The van der Waals surface area contributed by atoms with E-state index in [-0.39, 0.29) is 28.6 Å². The van der Waals surface area contributed by atoms with E-state index in [0.717, 1.165) is 10.6 Å². The van der Waals surface area contributed by atoms with Crippen LogP contribution < -0.4 is 19.1 Å².